The molecule has 0 radical (unpaired) electrons. The number of carbonyl (C=O) groups is 1. The Balaban J connectivity index is 1.74. The second-order valence-corrected chi connectivity index (χ2v) is 9.24. The highest BCUT2D eigenvalue weighted by Gasteiger charge is 2.28. The van der Waals surface area contributed by atoms with Crippen LogP contribution in [0.15, 0.2) is 47.4 Å². The summed E-state index contributed by atoms with van der Waals surface area (Å²) in [6, 6.07) is 8.94. The zero-order chi connectivity index (χ0) is 21.2. The van der Waals surface area contributed by atoms with Crippen molar-refractivity contribution in [2.45, 2.75) is 24.7 Å². The Labute approximate surface area is 173 Å². The molecule has 8 nitrogen and oxygen atoms in total. The number of nitro groups is 1. The van der Waals surface area contributed by atoms with Crippen LogP contribution in [-0.2, 0) is 10.0 Å². The molecule has 0 spiro atoms. The normalized spacial score (nSPS) is 17.7. The minimum atomic E-state index is -3.62. The molecule has 3 rings (SSSR count). The lowest BCUT2D eigenvalue weighted by Crippen LogP contribution is -2.39. The highest BCUT2D eigenvalue weighted by Crippen LogP contribution is 2.29. The maximum Gasteiger partial charge on any atom is 0.343 e. The van der Waals surface area contributed by atoms with Crippen molar-refractivity contribution in [2.75, 3.05) is 13.1 Å². The summed E-state index contributed by atoms with van der Waals surface area (Å²) in [7, 11) is -3.62. The lowest BCUT2D eigenvalue weighted by molar-refractivity contribution is -0.384. The molecule has 154 valence electrons. The lowest BCUT2D eigenvalue weighted by Gasteiger charge is -2.30. The van der Waals surface area contributed by atoms with E-state index in [-0.39, 0.29) is 26.9 Å². The van der Waals surface area contributed by atoms with E-state index < -0.39 is 20.9 Å². The Morgan fingerprint density at radius 2 is 1.93 bits per heavy atom. The van der Waals surface area contributed by atoms with Gasteiger partial charge in [-0.05, 0) is 49.1 Å². The quantitative estimate of drug-likeness (QED) is 0.303. The van der Waals surface area contributed by atoms with Crippen molar-refractivity contribution in [3.63, 3.8) is 0 Å². The van der Waals surface area contributed by atoms with E-state index in [0.717, 1.165) is 18.9 Å². The summed E-state index contributed by atoms with van der Waals surface area (Å²) in [5.41, 5.74) is -0.0956. The molecule has 2 aromatic carbocycles. The number of sulfonamides is 1. The molecule has 0 N–H and O–H groups in total. The first kappa shape index (κ1) is 21.2. The number of piperidine rings is 1. The molecule has 0 bridgehead atoms. The fourth-order valence-electron chi connectivity index (χ4n) is 3.12. The second-order valence-electron chi connectivity index (χ2n) is 6.90. The van der Waals surface area contributed by atoms with Crippen molar-refractivity contribution in [1.82, 2.24) is 4.31 Å². The highest BCUT2D eigenvalue weighted by molar-refractivity contribution is 7.89. The highest BCUT2D eigenvalue weighted by atomic mass is 35.5. The van der Waals surface area contributed by atoms with E-state index in [1.165, 1.54) is 40.7 Å². The van der Waals surface area contributed by atoms with Gasteiger partial charge in [-0.25, -0.2) is 13.2 Å². The van der Waals surface area contributed by atoms with E-state index in [9.17, 15) is 23.3 Å². The number of esters is 1. The molecule has 10 heteroatoms. The third-order valence-electron chi connectivity index (χ3n) is 4.68. The number of benzene rings is 2. The summed E-state index contributed by atoms with van der Waals surface area (Å²) in [5.74, 6) is -0.475. The van der Waals surface area contributed by atoms with Crippen LogP contribution >= 0.6 is 11.6 Å². The van der Waals surface area contributed by atoms with E-state index in [0.29, 0.717) is 19.0 Å². The van der Waals surface area contributed by atoms with E-state index in [2.05, 4.69) is 0 Å². The summed E-state index contributed by atoms with van der Waals surface area (Å²) in [6.07, 6.45) is 1.82. The maximum absolute atomic E-state index is 12.8. The molecule has 29 heavy (non-hydrogen) atoms. The Hall–Kier alpha value is -2.49. The number of non-ortho nitro benzene ring substituents is 1. The van der Waals surface area contributed by atoms with Crippen LogP contribution in [0.4, 0.5) is 5.69 Å². The van der Waals surface area contributed by atoms with E-state index in [1.807, 2.05) is 6.92 Å². The molecule has 0 saturated carbocycles. The summed E-state index contributed by atoms with van der Waals surface area (Å²) < 4.78 is 32.2. The molecule has 1 unspecified atom stereocenters. The fraction of sp³-hybridized carbons (Fsp3) is 0.316. The van der Waals surface area contributed by atoms with Crippen molar-refractivity contribution >= 4 is 33.3 Å². The average molecular weight is 439 g/mol. The molecule has 0 aliphatic carbocycles. The van der Waals surface area contributed by atoms with Gasteiger partial charge < -0.3 is 4.74 Å². The first-order chi connectivity index (χ1) is 13.7. The van der Waals surface area contributed by atoms with Gasteiger partial charge >= 0.3 is 5.97 Å². The molecule has 1 saturated heterocycles. The molecule has 2 aromatic rings. The van der Waals surface area contributed by atoms with Gasteiger partial charge in [-0.3, -0.25) is 10.1 Å². The van der Waals surface area contributed by atoms with Crippen molar-refractivity contribution in [3.05, 3.63) is 63.2 Å². The lowest BCUT2D eigenvalue weighted by atomic mass is 10.0. The minimum Gasteiger partial charge on any atom is -0.421 e. The SMILES string of the molecule is CC1CCCN(S(=O)(=O)c2ccc(C(=O)Oc3ccc([N+](=O)[O-])cc3Cl)cc2)C1. The molecule has 0 aromatic heterocycles. The van der Waals surface area contributed by atoms with E-state index >= 15 is 0 Å². The Bertz CT molecular complexity index is 1040. The molecule has 1 atom stereocenters. The van der Waals surface area contributed by atoms with Gasteiger partial charge in [0.05, 0.1) is 20.4 Å². The third kappa shape index (κ3) is 4.75. The summed E-state index contributed by atoms with van der Waals surface area (Å²) in [6.45, 7) is 2.98. The van der Waals surface area contributed by atoms with Crippen molar-refractivity contribution in [3.8, 4) is 5.75 Å². The van der Waals surface area contributed by atoms with E-state index in [1.54, 1.807) is 0 Å². The number of carbonyl (C=O) groups excluding carboxylic acids is 1. The van der Waals surface area contributed by atoms with Crippen LogP contribution < -0.4 is 4.74 Å². The third-order valence-corrected chi connectivity index (χ3v) is 6.85. The zero-order valence-corrected chi connectivity index (χ0v) is 17.1. The number of halogens is 1. The first-order valence-corrected chi connectivity index (χ1v) is 10.8. The predicted octanol–water partition coefficient (Wildman–Crippen LogP) is 3.89. The van der Waals surface area contributed by atoms with Crippen molar-refractivity contribution < 1.29 is 22.9 Å². The van der Waals surface area contributed by atoms with Crippen LogP contribution in [0.5, 0.6) is 5.75 Å². The molecule has 1 heterocycles. The van der Waals surface area contributed by atoms with Crippen molar-refractivity contribution in [1.29, 1.82) is 0 Å². The van der Waals surface area contributed by atoms with Gasteiger partial charge in [0.2, 0.25) is 10.0 Å². The number of nitrogens with zero attached hydrogens (tertiary/aromatic N) is 2. The number of hydrogen-bond acceptors (Lipinski definition) is 6. The largest absolute Gasteiger partial charge is 0.421 e. The molecule has 1 fully saturated rings. The number of ether oxygens (including phenoxy) is 1. The zero-order valence-electron chi connectivity index (χ0n) is 15.6. The van der Waals surface area contributed by atoms with Crippen LogP contribution in [-0.4, -0.2) is 36.7 Å². The van der Waals surface area contributed by atoms with Crippen LogP contribution in [0.1, 0.15) is 30.1 Å². The van der Waals surface area contributed by atoms with Crippen molar-refractivity contribution in [2.24, 2.45) is 5.92 Å². The Morgan fingerprint density at radius 3 is 2.52 bits per heavy atom. The molecule has 1 aliphatic rings. The van der Waals surface area contributed by atoms with Gasteiger partial charge in [-0.15, -0.1) is 0 Å². The number of rotatable bonds is 5. The standard InChI is InChI=1S/C19H19ClN2O6S/c1-13-3-2-10-21(12-13)29(26,27)16-7-4-14(5-8-16)19(23)28-18-9-6-15(22(24)25)11-17(18)20/h4-9,11,13H,2-3,10,12H2,1H3. The smallest absolute Gasteiger partial charge is 0.343 e. The van der Waals surface area contributed by atoms with Crippen LogP contribution in [0.25, 0.3) is 0 Å². The van der Waals surface area contributed by atoms with Crippen LogP contribution in [0.3, 0.4) is 0 Å². The molecule has 0 amide bonds. The fourth-order valence-corrected chi connectivity index (χ4v) is 4.93. The average Bonchev–Trinajstić information content (AvgIpc) is 2.69. The minimum absolute atomic E-state index is 0.0266. The summed E-state index contributed by atoms with van der Waals surface area (Å²) in [5, 5.41) is 10.7. The van der Waals surface area contributed by atoms with Crippen LogP contribution in [0.2, 0.25) is 5.02 Å². The monoisotopic (exact) mass is 438 g/mol. The summed E-state index contributed by atoms with van der Waals surface area (Å²) in [4.78, 5) is 22.6. The number of nitro benzene ring substituents is 1. The maximum atomic E-state index is 12.8. The van der Waals surface area contributed by atoms with Gasteiger partial charge in [0.25, 0.3) is 5.69 Å². The topological polar surface area (TPSA) is 107 Å². The van der Waals surface area contributed by atoms with Gasteiger partial charge in [0, 0.05) is 25.2 Å². The Kier molecular flexibility index (Phi) is 6.21. The molecular formula is C19H19ClN2O6S. The second kappa shape index (κ2) is 8.48. The number of hydrogen-bond donors (Lipinski definition) is 0. The van der Waals surface area contributed by atoms with Crippen LogP contribution in [0, 0.1) is 16.0 Å². The van der Waals surface area contributed by atoms with Gasteiger partial charge in [0.1, 0.15) is 5.75 Å². The first-order valence-electron chi connectivity index (χ1n) is 8.95. The van der Waals surface area contributed by atoms with Gasteiger partial charge in [-0.2, -0.15) is 4.31 Å². The van der Waals surface area contributed by atoms with Gasteiger partial charge in [-0.1, -0.05) is 18.5 Å². The summed E-state index contributed by atoms with van der Waals surface area (Å²) >= 11 is 5.92. The molecule has 1 aliphatic heterocycles. The predicted molar refractivity (Wildman–Crippen MR) is 107 cm³/mol. The molecular weight excluding hydrogens is 420 g/mol. The Morgan fingerprint density at radius 1 is 1.24 bits per heavy atom. The van der Waals surface area contributed by atoms with E-state index in [4.69, 9.17) is 16.3 Å². The van der Waals surface area contributed by atoms with Gasteiger partial charge in [0.15, 0.2) is 0 Å².